The molecule has 0 unspecified atom stereocenters. The third kappa shape index (κ3) is 6.61. The summed E-state index contributed by atoms with van der Waals surface area (Å²) in [5.74, 6) is -0.274. The molecule has 3 N–H and O–H groups in total. The fourth-order valence-corrected chi connectivity index (χ4v) is 7.95. The molecule has 262 valence electrons. The molecule has 0 bridgehead atoms. The second kappa shape index (κ2) is 13.9. The Morgan fingerprint density at radius 2 is 2.02 bits per heavy atom. The molecule has 1 amide bonds. The van der Waals surface area contributed by atoms with Crippen molar-refractivity contribution in [1.29, 1.82) is 0 Å². The van der Waals surface area contributed by atoms with E-state index in [-0.39, 0.29) is 36.3 Å². The minimum Gasteiger partial charge on any atom is -0.461 e. The van der Waals surface area contributed by atoms with Gasteiger partial charge in [0.05, 0.1) is 29.2 Å². The molecule has 4 aromatic rings. The van der Waals surface area contributed by atoms with Crippen LogP contribution < -0.4 is 9.64 Å². The molecule has 0 saturated carbocycles. The first kappa shape index (κ1) is 33.7. The third-order valence-corrected chi connectivity index (χ3v) is 10.3. The summed E-state index contributed by atoms with van der Waals surface area (Å²) in [4.78, 5) is 32.1. The van der Waals surface area contributed by atoms with Crippen LogP contribution in [0.4, 0.5) is 14.6 Å². The highest BCUT2D eigenvalue weighted by Crippen LogP contribution is 2.42. The van der Waals surface area contributed by atoms with E-state index in [9.17, 15) is 9.18 Å². The van der Waals surface area contributed by atoms with E-state index < -0.39 is 24.0 Å². The molecule has 3 aromatic heterocycles. The summed E-state index contributed by atoms with van der Waals surface area (Å²) >= 11 is 6.74. The quantitative estimate of drug-likeness (QED) is 0.164. The van der Waals surface area contributed by atoms with Gasteiger partial charge in [-0.05, 0) is 50.3 Å². The Hall–Kier alpha value is -3.76. The van der Waals surface area contributed by atoms with E-state index in [4.69, 9.17) is 36.3 Å². The third-order valence-electron chi connectivity index (χ3n) is 9.99. The second-order valence-corrected chi connectivity index (χ2v) is 13.5. The summed E-state index contributed by atoms with van der Waals surface area (Å²) < 4.78 is 42.8. The number of hydrogen-bond donors (Lipinski definition) is 3. The highest BCUT2D eigenvalue weighted by molar-refractivity contribution is 6.33. The van der Waals surface area contributed by atoms with Crippen molar-refractivity contribution in [2.45, 2.75) is 63.6 Å². The number of aromatic amines is 1. The van der Waals surface area contributed by atoms with Crippen LogP contribution in [-0.2, 0) is 16.0 Å². The van der Waals surface area contributed by atoms with E-state index in [1.165, 1.54) is 0 Å². The van der Waals surface area contributed by atoms with Crippen LogP contribution in [0.2, 0.25) is 5.02 Å². The number of H-pyrrole nitrogens is 1. The summed E-state index contributed by atoms with van der Waals surface area (Å²) in [5, 5.41) is 26.6. The van der Waals surface area contributed by atoms with Crippen molar-refractivity contribution in [3.05, 3.63) is 34.9 Å². The molecular weight excluding hydrogens is 662 g/mol. The molecule has 0 radical (unpaired) electrons. The Balaban J connectivity index is 1.32. The average molecular weight is 701 g/mol. The molecule has 0 spiro atoms. The molecule has 3 saturated heterocycles. The molecule has 0 aliphatic carbocycles. The Labute approximate surface area is 286 Å². The number of hydrogen-bond acceptors (Lipinski definition) is 11. The van der Waals surface area contributed by atoms with Gasteiger partial charge < -0.3 is 29.5 Å². The van der Waals surface area contributed by atoms with Crippen molar-refractivity contribution < 1.29 is 33.3 Å². The van der Waals surface area contributed by atoms with Gasteiger partial charge >= 0.3 is 6.01 Å². The smallest absolute Gasteiger partial charge is 0.319 e. The van der Waals surface area contributed by atoms with E-state index in [0.717, 1.165) is 19.4 Å². The van der Waals surface area contributed by atoms with Crippen molar-refractivity contribution in [1.82, 2.24) is 34.9 Å². The minimum absolute atomic E-state index is 0.00236. The van der Waals surface area contributed by atoms with Crippen molar-refractivity contribution in [3.8, 4) is 17.3 Å². The standard InChI is InChI=1S/C33H39ClF2N8O5/c1-19(45)42-7-4-8-43(11-10-42)30-23-15-37-29(26-21(5-2-12-48-32(46)47)24(34)13-25-22(26)16-38-41-25)27(36)28(23)39-31(40-30)49-18-33-6-3-9-44(33)17-20(35)14-33/h13,15-16,20,32,46-47H,2-12,14,17-18H2,1H3,(H,38,41)/t20-,33+/m1/s1. The molecule has 49 heavy (non-hydrogen) atoms. The predicted octanol–water partition coefficient (Wildman–Crippen LogP) is 3.59. The number of amides is 1. The number of pyridine rings is 1. The Morgan fingerprint density at radius 3 is 2.84 bits per heavy atom. The number of aliphatic hydroxyl groups is 2. The number of rotatable bonds is 10. The van der Waals surface area contributed by atoms with Crippen LogP contribution in [0.15, 0.2) is 18.5 Å². The lowest BCUT2D eigenvalue weighted by Gasteiger charge is -2.31. The average Bonchev–Trinajstić information content (AvgIpc) is 3.70. The number of alkyl halides is 1. The first-order valence-electron chi connectivity index (χ1n) is 16.6. The zero-order valence-electron chi connectivity index (χ0n) is 27.2. The fraction of sp³-hybridized carbons (Fsp3) is 0.545. The summed E-state index contributed by atoms with van der Waals surface area (Å²) in [5.41, 5.74) is 1.15. The van der Waals surface area contributed by atoms with Crippen LogP contribution in [0.25, 0.3) is 33.1 Å². The van der Waals surface area contributed by atoms with Gasteiger partial charge in [0.2, 0.25) is 5.91 Å². The van der Waals surface area contributed by atoms with E-state index >= 15 is 4.39 Å². The number of aromatic nitrogens is 5. The maximum absolute atomic E-state index is 17.1. The van der Waals surface area contributed by atoms with Gasteiger partial charge in [0.1, 0.15) is 29.8 Å². The maximum Gasteiger partial charge on any atom is 0.319 e. The van der Waals surface area contributed by atoms with E-state index in [2.05, 4.69) is 25.1 Å². The second-order valence-electron chi connectivity index (χ2n) is 13.1. The van der Waals surface area contributed by atoms with Gasteiger partial charge in [-0.3, -0.25) is 19.8 Å². The number of carbonyl (C=O) groups excluding carboxylic acids is 1. The topological polar surface area (TPSA) is 153 Å². The van der Waals surface area contributed by atoms with Gasteiger partial charge in [-0.25, -0.2) is 8.78 Å². The van der Waals surface area contributed by atoms with Crippen LogP contribution in [0.3, 0.4) is 0 Å². The van der Waals surface area contributed by atoms with Crippen LogP contribution in [0.5, 0.6) is 6.01 Å². The minimum atomic E-state index is -1.91. The largest absolute Gasteiger partial charge is 0.461 e. The summed E-state index contributed by atoms with van der Waals surface area (Å²) in [6, 6.07) is 1.69. The van der Waals surface area contributed by atoms with Crippen molar-refractivity contribution in [2.24, 2.45) is 0 Å². The van der Waals surface area contributed by atoms with Crippen molar-refractivity contribution >= 4 is 45.1 Å². The first-order chi connectivity index (χ1) is 23.6. The monoisotopic (exact) mass is 700 g/mol. The highest BCUT2D eigenvalue weighted by atomic mass is 35.5. The van der Waals surface area contributed by atoms with Gasteiger partial charge in [-0.15, -0.1) is 0 Å². The van der Waals surface area contributed by atoms with Crippen LogP contribution in [-0.4, -0.2) is 122 Å². The van der Waals surface area contributed by atoms with E-state index in [0.29, 0.717) is 96.7 Å². The zero-order chi connectivity index (χ0) is 34.3. The number of benzene rings is 1. The molecule has 2 atom stereocenters. The molecule has 3 aliphatic heterocycles. The van der Waals surface area contributed by atoms with Crippen LogP contribution in [0.1, 0.15) is 44.6 Å². The van der Waals surface area contributed by atoms with Crippen molar-refractivity contribution in [3.63, 3.8) is 0 Å². The van der Waals surface area contributed by atoms with E-state index in [1.54, 1.807) is 30.3 Å². The molecule has 6 heterocycles. The van der Waals surface area contributed by atoms with Gasteiger partial charge in [-0.2, -0.15) is 15.1 Å². The number of aliphatic hydroxyl groups excluding tert-OH is 1. The molecule has 1 aromatic carbocycles. The first-order valence-corrected chi connectivity index (χ1v) is 17.0. The number of ether oxygens (including phenoxy) is 2. The lowest BCUT2D eigenvalue weighted by molar-refractivity contribution is -0.233. The summed E-state index contributed by atoms with van der Waals surface area (Å²) in [6.07, 6.45) is 5.66. The Bertz CT molecular complexity index is 1860. The number of halogens is 3. The number of nitrogens with zero attached hydrogens (tertiary/aromatic N) is 7. The molecule has 16 heteroatoms. The number of nitrogens with one attached hydrogen (secondary N) is 1. The molecule has 13 nitrogen and oxygen atoms in total. The Kier molecular flexibility index (Phi) is 9.54. The molecule has 3 aliphatic rings. The number of fused-ring (bicyclic) bond motifs is 3. The van der Waals surface area contributed by atoms with E-state index in [1.807, 2.05) is 4.90 Å². The fourth-order valence-electron chi connectivity index (χ4n) is 7.65. The van der Waals surface area contributed by atoms with Crippen molar-refractivity contribution in [2.75, 3.05) is 57.4 Å². The normalized spacial score (nSPS) is 21.7. The number of anilines is 1. The van der Waals surface area contributed by atoms with Gasteiger partial charge in [0.25, 0.3) is 6.48 Å². The van der Waals surface area contributed by atoms with Crippen LogP contribution in [0, 0.1) is 5.82 Å². The Morgan fingerprint density at radius 1 is 1.16 bits per heavy atom. The summed E-state index contributed by atoms with van der Waals surface area (Å²) in [7, 11) is 0. The van der Waals surface area contributed by atoms with Gasteiger partial charge in [0, 0.05) is 68.2 Å². The SMILES string of the molecule is CC(=O)N1CCCN(c2nc(OC[C@@]34CCCN3C[C@H](F)C4)nc3c(F)c(-c4c(CCCOC(O)O)c(Cl)cc5[nH]ncc45)ncc23)CC1. The predicted molar refractivity (Wildman–Crippen MR) is 178 cm³/mol. The molecule has 7 rings (SSSR count). The van der Waals surface area contributed by atoms with Gasteiger partial charge in [-0.1, -0.05) is 11.6 Å². The number of carbonyl (C=O) groups is 1. The zero-order valence-corrected chi connectivity index (χ0v) is 27.9. The van der Waals surface area contributed by atoms with Gasteiger partial charge in [0.15, 0.2) is 5.82 Å². The molecule has 3 fully saturated rings. The molecular formula is C33H39ClF2N8O5. The lowest BCUT2D eigenvalue weighted by atomic mass is 9.95. The lowest BCUT2D eigenvalue weighted by Crippen LogP contribution is -2.43. The summed E-state index contributed by atoms with van der Waals surface area (Å²) in [6.45, 7) is 3.12. The maximum atomic E-state index is 17.1. The highest BCUT2D eigenvalue weighted by Gasteiger charge is 2.49. The van der Waals surface area contributed by atoms with Crippen LogP contribution >= 0.6 is 11.6 Å².